The van der Waals surface area contributed by atoms with E-state index in [4.69, 9.17) is 10.5 Å². The molecule has 0 aliphatic carbocycles. The number of rotatable bonds is 8. The molecule has 0 bridgehead atoms. The standard InChI is InChI=1S/C22H28N6O3/c1-27(2)7-4-16-12-19(20(13-17(16)15-29)28-8-10-31-11-9-28)26-22(30)18(14-23)21-24-5-3-6-25-21/h3,5-6,12-15H,4,7-11,23H2,1-2H3,(H,26,30). The Balaban J connectivity index is 1.97. The van der Waals surface area contributed by atoms with Crippen molar-refractivity contribution in [3.8, 4) is 0 Å². The summed E-state index contributed by atoms with van der Waals surface area (Å²) >= 11 is 0. The number of aldehydes is 1. The van der Waals surface area contributed by atoms with Crippen molar-refractivity contribution in [2.24, 2.45) is 5.73 Å². The Labute approximate surface area is 181 Å². The first kappa shape index (κ1) is 22.4. The zero-order valence-corrected chi connectivity index (χ0v) is 17.9. The number of aromatic nitrogens is 2. The van der Waals surface area contributed by atoms with Crippen molar-refractivity contribution in [3.63, 3.8) is 0 Å². The maximum absolute atomic E-state index is 13.1. The normalized spacial score (nSPS) is 14.5. The van der Waals surface area contributed by atoms with Gasteiger partial charge in [-0.25, -0.2) is 9.97 Å². The van der Waals surface area contributed by atoms with Crippen molar-refractivity contribution in [3.05, 3.63) is 53.7 Å². The summed E-state index contributed by atoms with van der Waals surface area (Å²) in [5.41, 5.74) is 8.75. The Kier molecular flexibility index (Phi) is 7.69. The Morgan fingerprint density at radius 1 is 1.26 bits per heavy atom. The summed E-state index contributed by atoms with van der Waals surface area (Å²) < 4.78 is 5.45. The number of likely N-dealkylation sites (N-methyl/N-ethyl adjacent to an activating group) is 1. The van der Waals surface area contributed by atoms with E-state index in [1.807, 2.05) is 31.1 Å². The molecule has 31 heavy (non-hydrogen) atoms. The highest BCUT2D eigenvalue weighted by Crippen LogP contribution is 2.31. The van der Waals surface area contributed by atoms with E-state index >= 15 is 0 Å². The van der Waals surface area contributed by atoms with Crippen molar-refractivity contribution in [2.45, 2.75) is 6.42 Å². The largest absolute Gasteiger partial charge is 0.404 e. The molecule has 1 saturated heterocycles. The van der Waals surface area contributed by atoms with Crippen molar-refractivity contribution in [2.75, 3.05) is 57.2 Å². The second-order valence-electron chi connectivity index (χ2n) is 7.45. The lowest BCUT2D eigenvalue weighted by Gasteiger charge is -2.31. The van der Waals surface area contributed by atoms with Crippen LogP contribution in [0, 0.1) is 0 Å². The summed E-state index contributed by atoms with van der Waals surface area (Å²) in [4.78, 5) is 37.2. The van der Waals surface area contributed by atoms with Crippen LogP contribution in [0.4, 0.5) is 11.4 Å². The van der Waals surface area contributed by atoms with Gasteiger partial charge in [-0.2, -0.15) is 0 Å². The summed E-state index contributed by atoms with van der Waals surface area (Å²) in [6.07, 6.45) is 5.84. The van der Waals surface area contributed by atoms with Crippen molar-refractivity contribution < 1.29 is 14.3 Å². The molecular weight excluding hydrogens is 396 g/mol. The number of carbonyl (C=O) groups is 2. The number of ether oxygens (including phenoxy) is 1. The average molecular weight is 425 g/mol. The third-order valence-corrected chi connectivity index (χ3v) is 5.03. The van der Waals surface area contributed by atoms with Crippen LogP contribution in [-0.2, 0) is 16.0 Å². The maximum Gasteiger partial charge on any atom is 0.261 e. The first-order valence-corrected chi connectivity index (χ1v) is 10.1. The lowest BCUT2D eigenvalue weighted by Crippen LogP contribution is -2.37. The second-order valence-corrected chi connectivity index (χ2v) is 7.45. The number of morpholine rings is 1. The highest BCUT2D eigenvalue weighted by Gasteiger charge is 2.21. The number of nitrogens with two attached hydrogens (primary N) is 1. The highest BCUT2D eigenvalue weighted by atomic mass is 16.5. The molecule has 1 aliphatic rings. The predicted octanol–water partition coefficient (Wildman–Crippen LogP) is 1.17. The molecule has 2 heterocycles. The van der Waals surface area contributed by atoms with Crippen LogP contribution < -0.4 is 16.0 Å². The van der Waals surface area contributed by atoms with Gasteiger partial charge in [-0.15, -0.1) is 0 Å². The number of amides is 1. The molecule has 1 aliphatic heterocycles. The van der Waals surface area contributed by atoms with E-state index in [1.54, 1.807) is 18.5 Å². The van der Waals surface area contributed by atoms with E-state index in [0.29, 0.717) is 44.0 Å². The van der Waals surface area contributed by atoms with Gasteiger partial charge in [-0.3, -0.25) is 9.59 Å². The lowest BCUT2D eigenvalue weighted by atomic mass is 10.0. The van der Waals surface area contributed by atoms with Crippen LogP contribution in [0.3, 0.4) is 0 Å². The van der Waals surface area contributed by atoms with Gasteiger partial charge in [0.15, 0.2) is 5.82 Å². The molecule has 0 radical (unpaired) electrons. The van der Waals surface area contributed by atoms with Gasteiger partial charge >= 0.3 is 0 Å². The van der Waals surface area contributed by atoms with Crippen LogP contribution in [0.1, 0.15) is 21.7 Å². The zero-order chi connectivity index (χ0) is 22.2. The monoisotopic (exact) mass is 424 g/mol. The third kappa shape index (κ3) is 5.65. The van der Waals surface area contributed by atoms with Crippen molar-refractivity contribution >= 4 is 29.1 Å². The SMILES string of the molecule is CN(C)CCc1cc(NC(=O)C(=CN)c2ncccn2)c(N2CCOCC2)cc1C=O. The van der Waals surface area contributed by atoms with E-state index in [0.717, 1.165) is 24.1 Å². The lowest BCUT2D eigenvalue weighted by molar-refractivity contribution is -0.111. The Bertz CT molecular complexity index is 940. The summed E-state index contributed by atoms with van der Waals surface area (Å²) in [6.45, 7) is 3.27. The minimum absolute atomic E-state index is 0.169. The van der Waals surface area contributed by atoms with E-state index in [-0.39, 0.29) is 11.4 Å². The summed E-state index contributed by atoms with van der Waals surface area (Å²) in [5, 5.41) is 2.96. The minimum atomic E-state index is -0.416. The fraction of sp³-hybridized carbons (Fsp3) is 0.364. The van der Waals surface area contributed by atoms with E-state index in [9.17, 15) is 9.59 Å². The highest BCUT2D eigenvalue weighted by molar-refractivity contribution is 6.24. The molecule has 0 unspecified atom stereocenters. The van der Waals surface area contributed by atoms with E-state index in [2.05, 4.69) is 20.2 Å². The van der Waals surface area contributed by atoms with Gasteiger partial charge in [0.25, 0.3) is 5.91 Å². The molecule has 3 rings (SSSR count). The molecular formula is C22H28N6O3. The number of nitrogens with one attached hydrogen (secondary N) is 1. The zero-order valence-electron chi connectivity index (χ0n) is 17.9. The van der Waals surface area contributed by atoms with Gasteiger partial charge in [-0.1, -0.05) is 0 Å². The molecule has 1 aromatic heterocycles. The second kappa shape index (κ2) is 10.6. The first-order chi connectivity index (χ1) is 15.0. The number of carbonyl (C=O) groups excluding carboxylic acids is 2. The van der Waals surface area contributed by atoms with Gasteiger partial charge in [0, 0.05) is 43.8 Å². The molecule has 1 amide bonds. The first-order valence-electron chi connectivity index (χ1n) is 10.1. The van der Waals surface area contributed by atoms with Gasteiger partial charge in [-0.05, 0) is 44.3 Å². The molecule has 2 aromatic rings. The molecule has 9 nitrogen and oxygen atoms in total. The number of benzene rings is 1. The number of anilines is 2. The topological polar surface area (TPSA) is 114 Å². The quantitative estimate of drug-likeness (QED) is 0.480. The predicted molar refractivity (Wildman–Crippen MR) is 120 cm³/mol. The Morgan fingerprint density at radius 2 is 1.97 bits per heavy atom. The third-order valence-electron chi connectivity index (χ3n) is 5.03. The fourth-order valence-electron chi connectivity index (χ4n) is 3.37. The molecule has 0 saturated carbocycles. The van der Waals surface area contributed by atoms with Crippen LogP contribution in [0.5, 0.6) is 0 Å². The van der Waals surface area contributed by atoms with Crippen LogP contribution in [-0.4, -0.2) is 74.0 Å². The molecule has 1 fully saturated rings. The van der Waals surface area contributed by atoms with Gasteiger partial charge in [0.1, 0.15) is 6.29 Å². The van der Waals surface area contributed by atoms with Gasteiger partial charge in [0.05, 0.1) is 30.2 Å². The maximum atomic E-state index is 13.1. The number of nitrogens with zero attached hydrogens (tertiary/aromatic N) is 4. The summed E-state index contributed by atoms with van der Waals surface area (Å²) in [7, 11) is 3.95. The van der Waals surface area contributed by atoms with Gasteiger partial charge in [0.2, 0.25) is 0 Å². The molecule has 9 heteroatoms. The summed E-state index contributed by atoms with van der Waals surface area (Å²) in [6, 6.07) is 5.38. The van der Waals surface area contributed by atoms with E-state index < -0.39 is 5.91 Å². The fourth-order valence-corrected chi connectivity index (χ4v) is 3.37. The molecule has 3 N–H and O–H groups in total. The number of hydrogen-bond acceptors (Lipinski definition) is 8. The van der Waals surface area contributed by atoms with Crippen molar-refractivity contribution in [1.82, 2.24) is 14.9 Å². The smallest absolute Gasteiger partial charge is 0.261 e. The van der Waals surface area contributed by atoms with Crippen LogP contribution >= 0.6 is 0 Å². The Morgan fingerprint density at radius 3 is 2.58 bits per heavy atom. The average Bonchev–Trinajstić information content (AvgIpc) is 2.79. The van der Waals surface area contributed by atoms with Crippen LogP contribution in [0.2, 0.25) is 0 Å². The Hall–Kier alpha value is -3.30. The summed E-state index contributed by atoms with van der Waals surface area (Å²) in [5.74, 6) is -0.173. The van der Waals surface area contributed by atoms with Crippen LogP contribution in [0.15, 0.2) is 36.8 Å². The van der Waals surface area contributed by atoms with Crippen LogP contribution in [0.25, 0.3) is 5.57 Å². The molecule has 1 aromatic carbocycles. The molecule has 0 spiro atoms. The van der Waals surface area contributed by atoms with E-state index in [1.165, 1.54) is 6.20 Å². The molecule has 0 atom stereocenters. The van der Waals surface area contributed by atoms with Crippen molar-refractivity contribution in [1.29, 1.82) is 0 Å². The number of hydrogen-bond donors (Lipinski definition) is 2. The minimum Gasteiger partial charge on any atom is -0.404 e. The van der Waals surface area contributed by atoms with Gasteiger partial charge < -0.3 is 25.6 Å². The molecule has 164 valence electrons.